The van der Waals surface area contributed by atoms with Gasteiger partial charge in [-0.2, -0.15) is 0 Å². The van der Waals surface area contributed by atoms with Gasteiger partial charge in [-0.05, 0) is 31.0 Å². The Bertz CT molecular complexity index is 500. The molecule has 1 saturated heterocycles. The minimum Gasteiger partial charge on any atom is -0.335 e. The lowest BCUT2D eigenvalue weighted by Gasteiger charge is -2.34. The highest BCUT2D eigenvalue weighted by atomic mass is 35.5. The van der Waals surface area contributed by atoms with Gasteiger partial charge in [0.05, 0.1) is 10.6 Å². The second kappa shape index (κ2) is 4.41. The van der Waals surface area contributed by atoms with Gasteiger partial charge in [-0.3, -0.25) is 4.79 Å². The van der Waals surface area contributed by atoms with Gasteiger partial charge in [0.2, 0.25) is 0 Å². The second-order valence-electron chi connectivity index (χ2n) is 5.06. The van der Waals surface area contributed by atoms with Crippen molar-refractivity contribution in [3.63, 3.8) is 0 Å². The van der Waals surface area contributed by atoms with Crippen molar-refractivity contribution in [3.05, 3.63) is 33.8 Å². The lowest BCUT2D eigenvalue weighted by Crippen LogP contribution is -2.54. The van der Waals surface area contributed by atoms with E-state index in [-0.39, 0.29) is 11.4 Å². The van der Waals surface area contributed by atoms with Crippen LogP contribution in [0.25, 0.3) is 0 Å². The number of nitrogens with zero attached hydrogens (tertiary/aromatic N) is 1. The molecule has 1 amide bonds. The van der Waals surface area contributed by atoms with Gasteiger partial charge in [0.15, 0.2) is 0 Å². The zero-order chi connectivity index (χ0) is 12.8. The number of hydrogen-bond acceptors (Lipinski definition) is 2. The third-order valence-corrected chi connectivity index (χ3v) is 4.24. The maximum absolute atomic E-state index is 12.4. The molecule has 1 N–H and O–H groups in total. The quantitative estimate of drug-likeness (QED) is 0.860. The van der Waals surface area contributed by atoms with Gasteiger partial charge in [-0.1, -0.05) is 23.2 Å². The number of carbonyl (C=O) groups is 1. The van der Waals surface area contributed by atoms with Crippen molar-refractivity contribution in [2.75, 3.05) is 19.6 Å². The molecule has 1 aromatic rings. The molecule has 2 fully saturated rings. The van der Waals surface area contributed by atoms with Crippen molar-refractivity contribution in [2.24, 2.45) is 0 Å². The number of piperazine rings is 1. The summed E-state index contributed by atoms with van der Waals surface area (Å²) < 4.78 is 0. The molecule has 1 aromatic carbocycles. The summed E-state index contributed by atoms with van der Waals surface area (Å²) in [7, 11) is 0. The number of benzene rings is 1. The Balaban J connectivity index is 1.83. The zero-order valence-corrected chi connectivity index (χ0v) is 11.4. The summed E-state index contributed by atoms with van der Waals surface area (Å²) in [6, 6.07) is 5.01. The first kappa shape index (κ1) is 12.3. The maximum atomic E-state index is 12.4. The third kappa shape index (κ3) is 2.22. The highest BCUT2D eigenvalue weighted by Crippen LogP contribution is 2.38. The van der Waals surface area contributed by atoms with Crippen LogP contribution in [0.1, 0.15) is 23.2 Å². The van der Waals surface area contributed by atoms with Gasteiger partial charge in [-0.25, -0.2) is 0 Å². The van der Waals surface area contributed by atoms with Gasteiger partial charge in [0, 0.05) is 30.2 Å². The number of hydrogen-bond donors (Lipinski definition) is 1. The van der Waals surface area contributed by atoms with E-state index in [9.17, 15) is 4.79 Å². The van der Waals surface area contributed by atoms with Gasteiger partial charge in [0.25, 0.3) is 5.91 Å². The van der Waals surface area contributed by atoms with Crippen molar-refractivity contribution in [1.29, 1.82) is 0 Å². The van der Waals surface area contributed by atoms with E-state index in [4.69, 9.17) is 23.2 Å². The first-order valence-electron chi connectivity index (χ1n) is 6.09. The number of rotatable bonds is 1. The van der Waals surface area contributed by atoms with Gasteiger partial charge in [0.1, 0.15) is 0 Å². The molecule has 0 radical (unpaired) electrons. The average Bonchev–Trinajstić information content (AvgIpc) is 3.10. The first-order chi connectivity index (χ1) is 8.60. The monoisotopic (exact) mass is 284 g/mol. The molecule has 1 saturated carbocycles. The van der Waals surface area contributed by atoms with Crippen LogP contribution in [-0.2, 0) is 0 Å². The SMILES string of the molecule is O=C(c1cc(Cl)ccc1Cl)N1CCNC2(CC2)C1. The fourth-order valence-electron chi connectivity index (χ4n) is 2.45. The molecule has 96 valence electrons. The standard InChI is InChI=1S/C13H14Cl2N2O/c14-9-1-2-11(15)10(7-9)12(18)17-6-5-16-13(8-17)3-4-13/h1-2,7,16H,3-6,8H2. The summed E-state index contributed by atoms with van der Waals surface area (Å²) in [5, 5.41) is 4.49. The second-order valence-corrected chi connectivity index (χ2v) is 5.90. The Hall–Kier alpha value is -0.770. The molecule has 1 spiro atoms. The zero-order valence-electron chi connectivity index (χ0n) is 9.88. The molecule has 2 aliphatic rings. The van der Waals surface area contributed by atoms with E-state index >= 15 is 0 Å². The van der Waals surface area contributed by atoms with E-state index in [0.717, 1.165) is 32.5 Å². The highest BCUT2D eigenvalue weighted by molar-refractivity contribution is 6.35. The van der Waals surface area contributed by atoms with Gasteiger partial charge in [-0.15, -0.1) is 0 Å². The molecule has 0 atom stereocenters. The van der Waals surface area contributed by atoms with Crippen LogP contribution < -0.4 is 5.32 Å². The summed E-state index contributed by atoms with van der Waals surface area (Å²) in [6.07, 6.45) is 2.31. The Morgan fingerprint density at radius 1 is 1.33 bits per heavy atom. The summed E-state index contributed by atoms with van der Waals surface area (Å²) in [5.41, 5.74) is 0.681. The minimum absolute atomic E-state index is 0.0183. The van der Waals surface area contributed by atoms with Crippen LogP contribution in [0, 0.1) is 0 Å². The minimum atomic E-state index is -0.0183. The number of amides is 1. The Morgan fingerprint density at radius 3 is 2.83 bits per heavy atom. The van der Waals surface area contributed by atoms with E-state index in [1.165, 1.54) is 0 Å². The molecular formula is C13H14Cl2N2O. The molecule has 0 aromatic heterocycles. The third-order valence-electron chi connectivity index (χ3n) is 3.67. The summed E-state index contributed by atoms with van der Waals surface area (Å²) in [5.74, 6) is -0.0183. The van der Waals surface area contributed by atoms with E-state index in [1.54, 1.807) is 18.2 Å². The molecule has 3 rings (SSSR count). The van der Waals surface area contributed by atoms with Crippen molar-refractivity contribution in [1.82, 2.24) is 10.2 Å². The van der Waals surface area contributed by atoms with Crippen LogP contribution in [0.2, 0.25) is 10.0 Å². The fourth-order valence-corrected chi connectivity index (χ4v) is 2.82. The van der Waals surface area contributed by atoms with Crippen LogP contribution in [-0.4, -0.2) is 36.0 Å². The topological polar surface area (TPSA) is 32.3 Å². The lowest BCUT2D eigenvalue weighted by molar-refractivity contribution is 0.0691. The Kier molecular flexibility index (Phi) is 3.00. The van der Waals surface area contributed by atoms with Crippen molar-refractivity contribution in [3.8, 4) is 0 Å². The molecule has 3 nitrogen and oxygen atoms in total. The normalized spacial score (nSPS) is 21.1. The molecule has 1 heterocycles. The number of nitrogens with one attached hydrogen (secondary N) is 1. The molecule has 1 aliphatic carbocycles. The van der Waals surface area contributed by atoms with Crippen molar-refractivity contribution >= 4 is 29.1 Å². The highest BCUT2D eigenvalue weighted by Gasteiger charge is 2.46. The largest absolute Gasteiger partial charge is 0.335 e. The van der Waals surface area contributed by atoms with Gasteiger partial charge < -0.3 is 10.2 Å². The van der Waals surface area contributed by atoms with E-state index in [1.807, 2.05) is 4.90 Å². The molecule has 0 unspecified atom stereocenters. The average molecular weight is 285 g/mol. The lowest BCUT2D eigenvalue weighted by atomic mass is 10.1. The molecule has 0 bridgehead atoms. The van der Waals surface area contributed by atoms with E-state index in [2.05, 4.69) is 5.32 Å². The van der Waals surface area contributed by atoms with E-state index < -0.39 is 0 Å². The Morgan fingerprint density at radius 2 is 2.11 bits per heavy atom. The summed E-state index contributed by atoms with van der Waals surface area (Å²) in [6.45, 7) is 2.35. The van der Waals surface area contributed by atoms with E-state index in [0.29, 0.717) is 15.6 Å². The first-order valence-corrected chi connectivity index (χ1v) is 6.85. The van der Waals surface area contributed by atoms with Gasteiger partial charge >= 0.3 is 0 Å². The summed E-state index contributed by atoms with van der Waals surface area (Å²) in [4.78, 5) is 14.3. The molecule has 1 aliphatic heterocycles. The van der Waals surface area contributed by atoms with Crippen LogP contribution in [0.15, 0.2) is 18.2 Å². The maximum Gasteiger partial charge on any atom is 0.255 e. The van der Waals surface area contributed by atoms with Crippen molar-refractivity contribution < 1.29 is 4.79 Å². The van der Waals surface area contributed by atoms with Crippen LogP contribution in [0.5, 0.6) is 0 Å². The molecular weight excluding hydrogens is 271 g/mol. The fraction of sp³-hybridized carbons (Fsp3) is 0.462. The molecule has 18 heavy (non-hydrogen) atoms. The predicted molar refractivity (Wildman–Crippen MR) is 72.3 cm³/mol. The Labute approximate surface area is 116 Å². The predicted octanol–water partition coefficient (Wildman–Crippen LogP) is 2.57. The molecule has 5 heteroatoms. The summed E-state index contributed by atoms with van der Waals surface area (Å²) >= 11 is 12.0. The van der Waals surface area contributed by atoms with Crippen LogP contribution in [0.4, 0.5) is 0 Å². The van der Waals surface area contributed by atoms with Crippen LogP contribution in [0.3, 0.4) is 0 Å². The number of carbonyl (C=O) groups excluding carboxylic acids is 1. The van der Waals surface area contributed by atoms with Crippen LogP contribution >= 0.6 is 23.2 Å². The number of halogens is 2. The smallest absolute Gasteiger partial charge is 0.255 e. The van der Waals surface area contributed by atoms with Crippen molar-refractivity contribution in [2.45, 2.75) is 18.4 Å².